The minimum Gasteiger partial charge on any atom is -0.345 e. The van der Waals surface area contributed by atoms with Crippen LogP contribution >= 0.6 is 11.8 Å². The summed E-state index contributed by atoms with van der Waals surface area (Å²) in [6.07, 6.45) is 0.828. The minimum absolute atomic E-state index is 0.0769. The summed E-state index contributed by atoms with van der Waals surface area (Å²) in [6, 6.07) is 18.7. The molecule has 0 aromatic heterocycles. The first-order chi connectivity index (χ1) is 15.3. The predicted octanol–water partition coefficient (Wildman–Crippen LogP) is 4.36. The lowest BCUT2D eigenvalue weighted by atomic mass is 10.0. The molecule has 2 N–H and O–H groups in total. The number of benzene rings is 3. The van der Waals surface area contributed by atoms with Gasteiger partial charge in [0.15, 0.2) is 0 Å². The standard InChI is InChI=1S/C22H19N3O5S2/c26-22(23-20-12-13-31-21-7-2-1-6-19(20)21)15-8-10-16(11-9-15)24-32(29,30)18-5-3-4-17(14-18)25(27)28/h1-11,14,20,24H,12-13H2,(H,23,26)/t20-/m1/s1. The van der Waals surface area contributed by atoms with Gasteiger partial charge in [-0.3, -0.25) is 19.6 Å². The zero-order chi connectivity index (χ0) is 22.7. The summed E-state index contributed by atoms with van der Waals surface area (Å²) in [4.78, 5) is 23.9. The molecule has 0 bridgehead atoms. The number of hydrogen-bond donors (Lipinski definition) is 2. The summed E-state index contributed by atoms with van der Waals surface area (Å²) in [7, 11) is -4.02. The highest BCUT2D eigenvalue weighted by molar-refractivity contribution is 7.99. The van der Waals surface area contributed by atoms with Crippen LogP contribution in [0.2, 0.25) is 0 Å². The van der Waals surface area contributed by atoms with Crippen molar-refractivity contribution in [3.8, 4) is 0 Å². The molecule has 0 saturated heterocycles. The highest BCUT2D eigenvalue weighted by Crippen LogP contribution is 2.36. The largest absolute Gasteiger partial charge is 0.345 e. The van der Waals surface area contributed by atoms with Crippen LogP contribution < -0.4 is 10.0 Å². The number of sulfonamides is 1. The SMILES string of the molecule is O=C(N[C@@H]1CCSc2ccccc21)c1ccc(NS(=O)(=O)c2cccc([N+](=O)[O-])c2)cc1. The highest BCUT2D eigenvalue weighted by Gasteiger charge is 2.23. The molecule has 0 saturated carbocycles. The smallest absolute Gasteiger partial charge is 0.270 e. The molecule has 0 fully saturated rings. The molecule has 1 atom stereocenters. The van der Waals surface area contributed by atoms with Crippen LogP contribution in [0.25, 0.3) is 0 Å². The van der Waals surface area contributed by atoms with Crippen LogP contribution in [0.5, 0.6) is 0 Å². The molecule has 1 aliphatic heterocycles. The van der Waals surface area contributed by atoms with E-state index in [0.29, 0.717) is 5.56 Å². The second-order valence-corrected chi connectivity index (χ2v) is 9.96. The van der Waals surface area contributed by atoms with Crippen LogP contribution in [0.3, 0.4) is 0 Å². The Bertz CT molecular complexity index is 1280. The average molecular weight is 470 g/mol. The number of nitrogens with zero attached hydrogens (tertiary/aromatic N) is 1. The maximum atomic E-state index is 12.7. The van der Waals surface area contributed by atoms with Crippen molar-refractivity contribution < 1.29 is 18.1 Å². The zero-order valence-corrected chi connectivity index (χ0v) is 18.4. The van der Waals surface area contributed by atoms with Crippen molar-refractivity contribution in [2.45, 2.75) is 22.3 Å². The average Bonchev–Trinajstić information content (AvgIpc) is 2.79. The molecular formula is C22H19N3O5S2. The van der Waals surface area contributed by atoms with Gasteiger partial charge in [0.2, 0.25) is 0 Å². The van der Waals surface area contributed by atoms with E-state index in [-0.39, 0.29) is 28.2 Å². The summed E-state index contributed by atoms with van der Waals surface area (Å²) < 4.78 is 27.5. The first-order valence-corrected chi connectivity index (χ1v) is 12.2. The Morgan fingerprint density at radius 3 is 2.53 bits per heavy atom. The van der Waals surface area contributed by atoms with E-state index < -0.39 is 14.9 Å². The van der Waals surface area contributed by atoms with Crippen LogP contribution in [0.1, 0.15) is 28.4 Å². The molecule has 0 spiro atoms. The number of hydrogen-bond acceptors (Lipinski definition) is 6. The molecule has 4 rings (SSSR count). The van der Waals surface area contributed by atoms with Crippen molar-refractivity contribution in [1.29, 1.82) is 0 Å². The van der Waals surface area contributed by atoms with Crippen molar-refractivity contribution in [3.63, 3.8) is 0 Å². The summed E-state index contributed by atoms with van der Waals surface area (Å²) in [6.45, 7) is 0. The van der Waals surface area contributed by atoms with E-state index in [9.17, 15) is 23.3 Å². The Hall–Kier alpha value is -3.37. The maximum Gasteiger partial charge on any atom is 0.270 e. The van der Waals surface area contributed by atoms with Gasteiger partial charge in [-0.2, -0.15) is 0 Å². The number of nitrogens with one attached hydrogen (secondary N) is 2. The van der Waals surface area contributed by atoms with Crippen molar-refractivity contribution in [2.75, 3.05) is 10.5 Å². The van der Waals surface area contributed by atoms with E-state index in [2.05, 4.69) is 10.0 Å². The Balaban J connectivity index is 1.46. The van der Waals surface area contributed by atoms with Crippen LogP contribution in [-0.2, 0) is 10.0 Å². The van der Waals surface area contributed by atoms with E-state index in [4.69, 9.17) is 0 Å². The molecule has 8 nitrogen and oxygen atoms in total. The number of fused-ring (bicyclic) bond motifs is 1. The van der Waals surface area contributed by atoms with Gasteiger partial charge in [-0.05, 0) is 48.4 Å². The van der Waals surface area contributed by atoms with Gasteiger partial charge < -0.3 is 5.32 Å². The summed E-state index contributed by atoms with van der Waals surface area (Å²) in [5, 5.41) is 13.9. The third-order valence-electron chi connectivity index (χ3n) is 5.00. The molecule has 10 heteroatoms. The molecule has 0 aliphatic carbocycles. The van der Waals surface area contributed by atoms with Crippen LogP contribution in [0, 0.1) is 10.1 Å². The van der Waals surface area contributed by atoms with Gasteiger partial charge >= 0.3 is 0 Å². The van der Waals surface area contributed by atoms with Crippen LogP contribution in [0.15, 0.2) is 82.6 Å². The molecular weight excluding hydrogens is 450 g/mol. The topological polar surface area (TPSA) is 118 Å². The Morgan fingerprint density at radius 1 is 1.03 bits per heavy atom. The molecule has 3 aromatic carbocycles. The van der Waals surface area contributed by atoms with Gasteiger partial charge in [0.1, 0.15) is 0 Å². The zero-order valence-electron chi connectivity index (χ0n) is 16.7. The number of nitro benzene ring substituents is 1. The first kappa shape index (κ1) is 21.8. The molecule has 32 heavy (non-hydrogen) atoms. The van der Waals surface area contributed by atoms with Gasteiger partial charge in [0.25, 0.3) is 21.6 Å². The molecule has 3 aromatic rings. The predicted molar refractivity (Wildman–Crippen MR) is 122 cm³/mol. The molecule has 1 heterocycles. The third-order valence-corrected chi connectivity index (χ3v) is 7.50. The van der Waals surface area contributed by atoms with Gasteiger partial charge in [-0.25, -0.2) is 8.42 Å². The fourth-order valence-electron chi connectivity index (χ4n) is 3.40. The van der Waals surface area contributed by atoms with Crippen molar-refractivity contribution in [2.24, 2.45) is 0 Å². The lowest BCUT2D eigenvalue weighted by molar-refractivity contribution is -0.385. The number of non-ortho nitro benzene ring substituents is 1. The lowest BCUT2D eigenvalue weighted by Crippen LogP contribution is -2.30. The Morgan fingerprint density at radius 2 is 1.78 bits per heavy atom. The van der Waals surface area contributed by atoms with Crippen LogP contribution in [-0.4, -0.2) is 25.0 Å². The van der Waals surface area contributed by atoms with Crippen molar-refractivity contribution >= 4 is 39.1 Å². The first-order valence-electron chi connectivity index (χ1n) is 9.73. The normalized spacial score (nSPS) is 15.4. The van der Waals surface area contributed by atoms with Gasteiger partial charge in [-0.1, -0.05) is 24.3 Å². The number of rotatable bonds is 6. The van der Waals surface area contributed by atoms with E-state index in [1.165, 1.54) is 42.5 Å². The number of carbonyl (C=O) groups is 1. The molecule has 1 amide bonds. The molecule has 164 valence electrons. The van der Waals surface area contributed by atoms with Crippen molar-refractivity contribution in [1.82, 2.24) is 5.32 Å². The minimum atomic E-state index is -4.02. The number of thioether (sulfide) groups is 1. The second-order valence-electron chi connectivity index (χ2n) is 7.14. The Labute approximate surface area is 189 Å². The highest BCUT2D eigenvalue weighted by atomic mass is 32.2. The molecule has 0 unspecified atom stereocenters. The summed E-state index contributed by atoms with van der Waals surface area (Å²) in [5.41, 5.74) is 1.42. The fourth-order valence-corrected chi connectivity index (χ4v) is 5.62. The van der Waals surface area contributed by atoms with Gasteiger partial charge in [0, 0.05) is 34.0 Å². The quantitative estimate of drug-likeness (QED) is 0.409. The van der Waals surface area contributed by atoms with Gasteiger partial charge in [0.05, 0.1) is 15.9 Å². The van der Waals surface area contributed by atoms with Crippen LogP contribution in [0.4, 0.5) is 11.4 Å². The Kier molecular flexibility index (Phi) is 6.15. The number of carbonyl (C=O) groups excluding carboxylic acids is 1. The monoisotopic (exact) mass is 469 g/mol. The number of anilines is 1. The van der Waals surface area contributed by atoms with E-state index in [0.717, 1.165) is 28.7 Å². The molecule has 0 radical (unpaired) electrons. The third kappa shape index (κ3) is 4.76. The van der Waals surface area contributed by atoms with E-state index in [1.807, 2.05) is 24.3 Å². The van der Waals surface area contributed by atoms with Crippen molar-refractivity contribution in [3.05, 3.63) is 94.0 Å². The van der Waals surface area contributed by atoms with E-state index >= 15 is 0 Å². The number of nitro groups is 1. The summed E-state index contributed by atoms with van der Waals surface area (Å²) in [5.74, 6) is 0.671. The number of amides is 1. The lowest BCUT2D eigenvalue weighted by Gasteiger charge is -2.25. The van der Waals surface area contributed by atoms with Gasteiger partial charge in [-0.15, -0.1) is 11.8 Å². The summed E-state index contributed by atoms with van der Waals surface area (Å²) >= 11 is 1.77. The fraction of sp³-hybridized carbons (Fsp3) is 0.136. The second kappa shape index (κ2) is 9.01. The maximum absolute atomic E-state index is 12.7. The van der Waals surface area contributed by atoms with E-state index in [1.54, 1.807) is 11.8 Å². The molecule has 1 aliphatic rings.